The van der Waals surface area contributed by atoms with Crippen molar-refractivity contribution in [2.45, 2.75) is 52.2 Å². The first-order chi connectivity index (χ1) is 9.22. The molecular formula is C16H26N2O. The molecule has 2 bridgehead atoms. The summed E-state index contributed by atoms with van der Waals surface area (Å²) < 4.78 is 5.71. The minimum atomic E-state index is 0.699. The average Bonchev–Trinajstić information content (AvgIpc) is 3.06. The van der Waals surface area contributed by atoms with Gasteiger partial charge in [-0.3, -0.25) is 4.90 Å². The Morgan fingerprint density at radius 1 is 1.42 bits per heavy atom. The number of likely N-dealkylation sites (tertiary alicyclic amines) is 1. The predicted octanol–water partition coefficient (Wildman–Crippen LogP) is 3.01. The zero-order valence-electron chi connectivity index (χ0n) is 12.2. The first-order valence-electron chi connectivity index (χ1n) is 7.72. The lowest BCUT2D eigenvalue weighted by Crippen LogP contribution is -2.31. The lowest BCUT2D eigenvalue weighted by atomic mass is 10.1. The Morgan fingerprint density at radius 2 is 2.32 bits per heavy atom. The molecule has 2 unspecified atom stereocenters. The number of furan rings is 1. The van der Waals surface area contributed by atoms with Crippen molar-refractivity contribution in [3.8, 4) is 0 Å². The van der Waals surface area contributed by atoms with Crippen LogP contribution >= 0.6 is 0 Å². The van der Waals surface area contributed by atoms with E-state index in [0.717, 1.165) is 31.6 Å². The van der Waals surface area contributed by atoms with Crippen LogP contribution in [-0.2, 0) is 13.1 Å². The highest BCUT2D eigenvalue weighted by Gasteiger charge is 2.37. The Hall–Kier alpha value is -0.800. The van der Waals surface area contributed by atoms with E-state index in [1.165, 1.54) is 37.1 Å². The van der Waals surface area contributed by atoms with Gasteiger partial charge < -0.3 is 9.73 Å². The van der Waals surface area contributed by atoms with Crippen molar-refractivity contribution in [2.75, 3.05) is 13.1 Å². The molecule has 0 aromatic carbocycles. The summed E-state index contributed by atoms with van der Waals surface area (Å²) in [4.78, 5) is 2.62. The van der Waals surface area contributed by atoms with Gasteiger partial charge in [0.15, 0.2) is 0 Å². The fraction of sp³-hybridized carbons (Fsp3) is 0.750. The Bertz CT molecular complexity index is 413. The summed E-state index contributed by atoms with van der Waals surface area (Å²) in [6, 6.07) is 2.95. The third kappa shape index (κ3) is 3.03. The molecule has 3 nitrogen and oxygen atoms in total. The van der Waals surface area contributed by atoms with Crippen LogP contribution in [0.3, 0.4) is 0 Å². The van der Waals surface area contributed by atoms with E-state index in [0.29, 0.717) is 5.92 Å². The quantitative estimate of drug-likeness (QED) is 0.854. The zero-order chi connectivity index (χ0) is 13.2. The SMILES string of the molecule is CC(C)CNCc1ccoc1CN1CC2CCC1C2. The molecule has 2 aliphatic rings. The van der Waals surface area contributed by atoms with Crippen molar-refractivity contribution in [1.29, 1.82) is 0 Å². The summed E-state index contributed by atoms with van der Waals surface area (Å²) in [5.41, 5.74) is 1.34. The van der Waals surface area contributed by atoms with Crippen molar-refractivity contribution in [1.82, 2.24) is 10.2 Å². The van der Waals surface area contributed by atoms with Gasteiger partial charge in [-0.1, -0.05) is 13.8 Å². The van der Waals surface area contributed by atoms with Gasteiger partial charge in [0.2, 0.25) is 0 Å². The molecular weight excluding hydrogens is 236 g/mol. The van der Waals surface area contributed by atoms with Crippen LogP contribution in [0.4, 0.5) is 0 Å². The molecule has 1 aromatic rings. The highest BCUT2D eigenvalue weighted by molar-refractivity contribution is 5.17. The number of hydrogen-bond donors (Lipinski definition) is 1. The van der Waals surface area contributed by atoms with Gasteiger partial charge in [0.25, 0.3) is 0 Å². The second-order valence-corrected chi connectivity index (χ2v) is 6.66. The third-order valence-electron chi connectivity index (χ3n) is 4.58. The lowest BCUT2D eigenvalue weighted by molar-refractivity contribution is 0.189. The largest absolute Gasteiger partial charge is 0.468 e. The lowest BCUT2D eigenvalue weighted by Gasteiger charge is -2.26. The minimum absolute atomic E-state index is 0.699. The van der Waals surface area contributed by atoms with Gasteiger partial charge in [0.1, 0.15) is 5.76 Å². The van der Waals surface area contributed by atoms with E-state index >= 15 is 0 Å². The van der Waals surface area contributed by atoms with Gasteiger partial charge in [-0.15, -0.1) is 0 Å². The van der Waals surface area contributed by atoms with E-state index in [9.17, 15) is 0 Å². The first kappa shape index (κ1) is 13.2. The van der Waals surface area contributed by atoms with Crippen LogP contribution in [0.15, 0.2) is 16.7 Å². The molecule has 1 aliphatic heterocycles. The van der Waals surface area contributed by atoms with Gasteiger partial charge in [0, 0.05) is 24.7 Å². The number of fused-ring (bicyclic) bond motifs is 2. The van der Waals surface area contributed by atoms with Crippen molar-refractivity contribution < 1.29 is 4.42 Å². The monoisotopic (exact) mass is 262 g/mol. The normalized spacial score (nSPS) is 26.7. The molecule has 3 heteroatoms. The number of hydrogen-bond acceptors (Lipinski definition) is 3. The molecule has 2 heterocycles. The molecule has 1 N–H and O–H groups in total. The third-order valence-corrected chi connectivity index (χ3v) is 4.58. The molecule has 19 heavy (non-hydrogen) atoms. The summed E-state index contributed by atoms with van der Waals surface area (Å²) in [6.07, 6.45) is 6.10. The van der Waals surface area contributed by atoms with Crippen molar-refractivity contribution >= 4 is 0 Å². The maximum Gasteiger partial charge on any atom is 0.122 e. The minimum Gasteiger partial charge on any atom is -0.468 e. The first-order valence-corrected chi connectivity index (χ1v) is 7.72. The van der Waals surface area contributed by atoms with Crippen LogP contribution in [-0.4, -0.2) is 24.0 Å². The van der Waals surface area contributed by atoms with Gasteiger partial charge in [0.05, 0.1) is 12.8 Å². The van der Waals surface area contributed by atoms with Crippen LogP contribution in [0.25, 0.3) is 0 Å². The highest BCUT2D eigenvalue weighted by atomic mass is 16.3. The maximum absolute atomic E-state index is 5.71. The maximum atomic E-state index is 5.71. The summed E-state index contributed by atoms with van der Waals surface area (Å²) in [7, 11) is 0. The van der Waals surface area contributed by atoms with E-state index < -0.39 is 0 Å². The van der Waals surface area contributed by atoms with Crippen molar-refractivity contribution in [3.63, 3.8) is 0 Å². The Kier molecular flexibility index (Phi) is 3.94. The fourth-order valence-corrected chi connectivity index (χ4v) is 3.56. The second-order valence-electron chi connectivity index (χ2n) is 6.66. The molecule has 0 spiro atoms. The van der Waals surface area contributed by atoms with E-state index in [4.69, 9.17) is 4.42 Å². The Labute approximate surface area is 116 Å². The number of nitrogens with one attached hydrogen (secondary N) is 1. The van der Waals surface area contributed by atoms with Crippen LogP contribution < -0.4 is 5.32 Å². The van der Waals surface area contributed by atoms with Gasteiger partial charge >= 0.3 is 0 Å². The standard InChI is InChI=1S/C16H26N2O/c1-12(2)8-17-9-14-5-6-19-16(14)11-18-10-13-3-4-15(18)7-13/h5-6,12-13,15,17H,3-4,7-11H2,1-2H3. The highest BCUT2D eigenvalue weighted by Crippen LogP contribution is 2.38. The van der Waals surface area contributed by atoms with Crippen LogP contribution in [0.5, 0.6) is 0 Å². The van der Waals surface area contributed by atoms with Gasteiger partial charge in [-0.05, 0) is 43.7 Å². The second kappa shape index (κ2) is 5.68. The predicted molar refractivity (Wildman–Crippen MR) is 76.8 cm³/mol. The molecule has 0 amide bonds. The van der Waals surface area contributed by atoms with Crippen LogP contribution in [0, 0.1) is 11.8 Å². The average molecular weight is 262 g/mol. The number of nitrogens with zero attached hydrogens (tertiary/aromatic N) is 1. The molecule has 1 saturated heterocycles. The molecule has 1 aliphatic carbocycles. The summed E-state index contributed by atoms with van der Waals surface area (Å²) in [5.74, 6) is 2.83. The van der Waals surface area contributed by atoms with E-state index in [-0.39, 0.29) is 0 Å². The molecule has 1 aromatic heterocycles. The van der Waals surface area contributed by atoms with Gasteiger partial charge in [-0.2, -0.15) is 0 Å². The fourth-order valence-electron chi connectivity index (χ4n) is 3.56. The molecule has 1 saturated carbocycles. The van der Waals surface area contributed by atoms with E-state index in [1.807, 2.05) is 6.26 Å². The Morgan fingerprint density at radius 3 is 3.00 bits per heavy atom. The van der Waals surface area contributed by atoms with Crippen molar-refractivity contribution in [3.05, 3.63) is 23.7 Å². The molecule has 0 radical (unpaired) electrons. The van der Waals surface area contributed by atoms with Crippen LogP contribution in [0.1, 0.15) is 44.4 Å². The zero-order valence-corrected chi connectivity index (χ0v) is 12.2. The van der Waals surface area contributed by atoms with E-state index in [1.54, 1.807) is 0 Å². The summed E-state index contributed by atoms with van der Waals surface area (Å²) in [6.45, 7) is 8.77. The molecule has 2 fully saturated rings. The number of rotatable bonds is 6. The van der Waals surface area contributed by atoms with Crippen LogP contribution in [0.2, 0.25) is 0 Å². The Balaban J connectivity index is 1.55. The number of piperidine rings is 1. The molecule has 106 valence electrons. The van der Waals surface area contributed by atoms with E-state index in [2.05, 4.69) is 30.1 Å². The smallest absolute Gasteiger partial charge is 0.122 e. The summed E-state index contributed by atoms with van der Waals surface area (Å²) >= 11 is 0. The van der Waals surface area contributed by atoms with Crippen molar-refractivity contribution in [2.24, 2.45) is 11.8 Å². The molecule has 2 atom stereocenters. The molecule has 3 rings (SSSR count). The topological polar surface area (TPSA) is 28.4 Å². The van der Waals surface area contributed by atoms with Gasteiger partial charge in [-0.25, -0.2) is 0 Å². The summed E-state index contributed by atoms with van der Waals surface area (Å²) in [5, 5.41) is 3.51.